The first-order chi connectivity index (χ1) is 20.1. The van der Waals surface area contributed by atoms with Crippen LogP contribution in [0.25, 0.3) is 10.9 Å². The number of aromatic nitrogens is 2. The molecule has 0 radical (unpaired) electrons. The summed E-state index contributed by atoms with van der Waals surface area (Å²) >= 11 is 0. The van der Waals surface area contributed by atoms with Crippen LogP contribution in [0.15, 0.2) is 41.3 Å². The fourth-order valence-electron chi connectivity index (χ4n) is 6.28. The van der Waals surface area contributed by atoms with Gasteiger partial charge in [-0.3, -0.25) is 24.6 Å². The predicted octanol–water partition coefficient (Wildman–Crippen LogP) is 2.65. The number of fused-ring (bicyclic) bond motifs is 1. The van der Waals surface area contributed by atoms with Gasteiger partial charge in [0.2, 0.25) is 15.9 Å². The number of nitrogens with two attached hydrogens (primary N) is 1. The van der Waals surface area contributed by atoms with Crippen LogP contribution in [-0.2, 0) is 28.4 Å². The largest absolute Gasteiger partial charge is 0.329 e. The Morgan fingerprint density at radius 3 is 2.48 bits per heavy atom. The molecule has 224 valence electrons. The first-order valence-electron chi connectivity index (χ1n) is 14.4. The molecule has 0 aliphatic carbocycles. The van der Waals surface area contributed by atoms with Gasteiger partial charge in [0.15, 0.2) is 5.82 Å². The van der Waals surface area contributed by atoms with Crippen LogP contribution in [0.3, 0.4) is 0 Å². The average molecular weight is 598 g/mol. The highest BCUT2D eigenvalue weighted by atomic mass is 32.2. The summed E-state index contributed by atoms with van der Waals surface area (Å²) in [6.07, 6.45) is 3.02. The zero-order valence-corrected chi connectivity index (χ0v) is 24.4. The summed E-state index contributed by atoms with van der Waals surface area (Å²) in [7, 11) is -1.80. The van der Waals surface area contributed by atoms with Crippen LogP contribution in [0, 0.1) is 5.82 Å². The fourth-order valence-corrected chi connectivity index (χ4v) is 7.82. The van der Waals surface area contributed by atoms with E-state index in [1.807, 2.05) is 12.1 Å². The lowest BCUT2D eigenvalue weighted by Gasteiger charge is -2.32. The number of carbonyl (C=O) groups excluding carboxylic acids is 2. The number of nitrogens with one attached hydrogen (secondary N) is 1. The summed E-state index contributed by atoms with van der Waals surface area (Å²) in [5, 5.41) is 7.30. The van der Waals surface area contributed by atoms with E-state index in [1.165, 1.54) is 15.3 Å². The molecule has 0 saturated carbocycles. The molecular formula is C29H36FN7O4S. The molecule has 3 aromatic rings. The Hall–Kier alpha value is -3.39. The molecule has 6 rings (SSSR count). The van der Waals surface area contributed by atoms with Crippen molar-refractivity contribution >= 4 is 38.7 Å². The molecule has 3 aliphatic rings. The number of piperidine rings is 2. The van der Waals surface area contributed by atoms with Crippen LogP contribution in [0.1, 0.15) is 49.1 Å². The number of nitrogens with zero attached hydrogens (tertiary/aromatic N) is 5. The van der Waals surface area contributed by atoms with Gasteiger partial charge in [0.05, 0.1) is 10.4 Å². The molecule has 42 heavy (non-hydrogen) atoms. The number of benzene rings is 2. The molecule has 3 N–H and O–H groups in total. The molecule has 3 saturated heterocycles. The highest BCUT2D eigenvalue weighted by Gasteiger charge is 2.31. The van der Waals surface area contributed by atoms with Crippen molar-refractivity contribution in [3.8, 4) is 0 Å². The number of anilines is 1. The summed E-state index contributed by atoms with van der Waals surface area (Å²) in [6.45, 7) is 3.20. The third-order valence-electron chi connectivity index (χ3n) is 8.73. The summed E-state index contributed by atoms with van der Waals surface area (Å²) in [5.41, 5.74) is 8.24. The Bertz CT molecular complexity index is 1630. The molecule has 0 atom stereocenters. The minimum Gasteiger partial charge on any atom is -0.328 e. The minimum absolute atomic E-state index is 0.0251. The number of hydrogen-bond donors (Lipinski definition) is 2. The van der Waals surface area contributed by atoms with E-state index in [0.717, 1.165) is 37.0 Å². The van der Waals surface area contributed by atoms with Crippen molar-refractivity contribution in [3.63, 3.8) is 0 Å². The van der Waals surface area contributed by atoms with E-state index in [-0.39, 0.29) is 36.6 Å². The maximum atomic E-state index is 15.5. The molecule has 2 aromatic carbocycles. The second-order valence-corrected chi connectivity index (χ2v) is 13.5. The lowest BCUT2D eigenvalue weighted by Crippen LogP contribution is -2.49. The lowest BCUT2D eigenvalue weighted by atomic mass is 9.88. The third-order valence-corrected chi connectivity index (χ3v) is 10.6. The monoisotopic (exact) mass is 597 g/mol. The lowest BCUT2D eigenvalue weighted by molar-refractivity contribution is -0.120. The number of amides is 3. The molecule has 3 aliphatic heterocycles. The zero-order chi connectivity index (χ0) is 29.6. The highest BCUT2D eigenvalue weighted by molar-refractivity contribution is 7.89. The van der Waals surface area contributed by atoms with Gasteiger partial charge in [0.25, 0.3) is 0 Å². The standard InChI is InChI=1S/C29H36FN7O4S/c1-34-26-17-23(25(30)16-24(26)28(33-34)37-14-9-27(38)32-29(37)39)20-5-10-35(11-6-20)18-19-3-2-4-22(15-19)42(40,41)36-12-7-21(31)8-13-36/h2-4,15-17,20-21H,5-14,18,31H2,1H3,(H,32,38,39). The van der Waals surface area contributed by atoms with Crippen molar-refractivity contribution in [1.29, 1.82) is 0 Å². The first-order valence-corrected chi connectivity index (χ1v) is 15.9. The van der Waals surface area contributed by atoms with E-state index in [2.05, 4.69) is 15.3 Å². The molecule has 0 bridgehead atoms. The van der Waals surface area contributed by atoms with Gasteiger partial charge in [-0.2, -0.15) is 9.40 Å². The van der Waals surface area contributed by atoms with Gasteiger partial charge in [-0.25, -0.2) is 17.6 Å². The van der Waals surface area contributed by atoms with Crippen LogP contribution in [0.5, 0.6) is 0 Å². The fraction of sp³-hybridized carbons (Fsp3) is 0.483. The average Bonchev–Trinajstić information content (AvgIpc) is 3.28. The maximum absolute atomic E-state index is 15.5. The van der Waals surface area contributed by atoms with Crippen LogP contribution >= 0.6 is 0 Å². The number of sulfonamides is 1. The van der Waals surface area contributed by atoms with E-state index >= 15 is 4.39 Å². The van der Waals surface area contributed by atoms with Crippen LogP contribution in [0.2, 0.25) is 0 Å². The van der Waals surface area contributed by atoms with Gasteiger partial charge in [-0.15, -0.1) is 0 Å². The zero-order valence-electron chi connectivity index (χ0n) is 23.6. The highest BCUT2D eigenvalue weighted by Crippen LogP contribution is 2.36. The molecule has 3 amide bonds. The van der Waals surface area contributed by atoms with Crippen molar-refractivity contribution < 1.29 is 22.4 Å². The number of hydrogen-bond acceptors (Lipinski definition) is 7. The van der Waals surface area contributed by atoms with E-state index in [1.54, 1.807) is 29.9 Å². The van der Waals surface area contributed by atoms with E-state index in [0.29, 0.717) is 54.1 Å². The maximum Gasteiger partial charge on any atom is 0.329 e. The minimum atomic E-state index is -3.56. The predicted molar refractivity (Wildman–Crippen MR) is 156 cm³/mol. The van der Waals surface area contributed by atoms with Gasteiger partial charge >= 0.3 is 6.03 Å². The van der Waals surface area contributed by atoms with Crippen molar-refractivity contribution in [2.75, 3.05) is 37.6 Å². The smallest absolute Gasteiger partial charge is 0.328 e. The SMILES string of the molecule is Cn1nc(N2CCC(=O)NC2=O)c2cc(F)c(C3CCN(Cc4cccc(S(=O)(=O)N5CCC(N)CC5)c4)CC3)cc21. The van der Waals surface area contributed by atoms with E-state index in [4.69, 9.17) is 5.73 Å². The molecule has 11 nitrogen and oxygen atoms in total. The number of rotatable bonds is 6. The number of likely N-dealkylation sites (tertiary alicyclic amines) is 1. The summed E-state index contributed by atoms with van der Waals surface area (Å²) in [4.78, 5) is 27.9. The van der Waals surface area contributed by atoms with Gasteiger partial charge in [0.1, 0.15) is 5.82 Å². The molecule has 4 heterocycles. The van der Waals surface area contributed by atoms with Gasteiger partial charge in [-0.1, -0.05) is 12.1 Å². The Morgan fingerprint density at radius 2 is 1.76 bits per heavy atom. The number of carbonyl (C=O) groups is 2. The van der Waals surface area contributed by atoms with Gasteiger partial charge in [0, 0.05) is 51.1 Å². The van der Waals surface area contributed by atoms with Gasteiger partial charge < -0.3 is 5.73 Å². The third kappa shape index (κ3) is 5.53. The van der Waals surface area contributed by atoms with Gasteiger partial charge in [-0.05, 0) is 80.1 Å². The molecule has 1 aromatic heterocycles. The number of imide groups is 1. The molecular weight excluding hydrogens is 561 g/mol. The Labute approximate surface area is 244 Å². The Balaban J connectivity index is 1.13. The summed E-state index contributed by atoms with van der Waals surface area (Å²) in [6, 6.07) is 9.94. The second-order valence-electron chi connectivity index (χ2n) is 11.5. The summed E-state index contributed by atoms with van der Waals surface area (Å²) in [5.74, 6) is -0.305. The number of aryl methyl sites for hydroxylation is 1. The quantitative estimate of drug-likeness (QED) is 0.446. The Kier molecular flexibility index (Phi) is 7.77. The molecule has 0 spiro atoms. The Morgan fingerprint density at radius 1 is 1.02 bits per heavy atom. The molecule has 13 heteroatoms. The van der Waals surface area contributed by atoms with E-state index < -0.39 is 16.1 Å². The number of halogens is 1. The summed E-state index contributed by atoms with van der Waals surface area (Å²) < 4.78 is 45.1. The van der Waals surface area contributed by atoms with Crippen molar-refractivity contribution in [2.24, 2.45) is 12.8 Å². The number of urea groups is 1. The normalized spacial score (nSPS) is 20.4. The van der Waals surface area contributed by atoms with Crippen LogP contribution < -0.4 is 16.0 Å². The second kappa shape index (κ2) is 11.4. The van der Waals surface area contributed by atoms with Crippen molar-refractivity contribution in [1.82, 2.24) is 24.3 Å². The first kappa shape index (κ1) is 28.7. The topological polar surface area (TPSA) is 134 Å². The molecule has 3 fully saturated rings. The molecule has 0 unspecified atom stereocenters. The van der Waals surface area contributed by atoms with Crippen molar-refractivity contribution in [2.45, 2.75) is 55.5 Å². The van der Waals surface area contributed by atoms with E-state index in [9.17, 15) is 18.0 Å². The van der Waals surface area contributed by atoms with Crippen LogP contribution in [0.4, 0.5) is 15.0 Å². The van der Waals surface area contributed by atoms with Crippen molar-refractivity contribution in [3.05, 3.63) is 53.3 Å². The van der Waals surface area contributed by atoms with Crippen LogP contribution in [-0.4, -0.2) is 78.1 Å².